The van der Waals surface area contributed by atoms with Crippen molar-refractivity contribution in [2.45, 2.75) is 25.7 Å². The molecule has 0 aliphatic carbocycles. The minimum atomic E-state index is -4.57. The quantitative estimate of drug-likeness (QED) is 0.565. The lowest BCUT2D eigenvalue weighted by molar-refractivity contribution is -0.137. The van der Waals surface area contributed by atoms with Crippen molar-refractivity contribution in [1.29, 1.82) is 0 Å². The van der Waals surface area contributed by atoms with E-state index < -0.39 is 29.2 Å². The first-order chi connectivity index (χ1) is 15.1. The molecule has 3 aromatic rings. The topological polar surface area (TPSA) is 99.2 Å². The van der Waals surface area contributed by atoms with E-state index in [1.807, 2.05) is 0 Å². The van der Waals surface area contributed by atoms with Crippen LogP contribution in [0.25, 0.3) is 5.69 Å². The Morgan fingerprint density at radius 1 is 1.19 bits per heavy atom. The highest BCUT2D eigenvalue weighted by Gasteiger charge is 2.31. The van der Waals surface area contributed by atoms with Gasteiger partial charge < -0.3 is 15.8 Å². The number of carbonyl (C=O) groups excluding carboxylic acids is 1. The number of nitrogens with one attached hydrogen (secondary N) is 1. The number of anilines is 1. The number of aromatic nitrogens is 2. The average molecular weight is 446 g/mol. The molecular weight excluding hydrogens is 425 g/mol. The highest BCUT2D eigenvalue weighted by atomic mass is 19.4. The maximum atomic E-state index is 13.1. The van der Waals surface area contributed by atoms with Gasteiger partial charge in [0.15, 0.2) is 0 Å². The minimum Gasteiger partial charge on any atom is -0.399 e. The van der Waals surface area contributed by atoms with Crippen LogP contribution in [-0.2, 0) is 17.5 Å². The molecule has 168 valence electrons. The number of nitrogen functional groups attached to an aromatic ring is 1. The molecule has 1 heterocycles. The third-order valence-corrected chi connectivity index (χ3v) is 4.71. The summed E-state index contributed by atoms with van der Waals surface area (Å²) in [6, 6.07) is 11.7. The fourth-order valence-electron chi connectivity index (χ4n) is 3.14. The van der Waals surface area contributed by atoms with E-state index in [4.69, 9.17) is 10.5 Å². The molecule has 3 N–H and O–H groups in total. The Hall–Kier alpha value is -3.66. The molecule has 0 saturated heterocycles. The molecule has 0 aliphatic heterocycles. The maximum Gasteiger partial charge on any atom is 0.416 e. The molecule has 0 aliphatic rings. The van der Waals surface area contributed by atoms with E-state index in [2.05, 4.69) is 10.4 Å². The largest absolute Gasteiger partial charge is 0.416 e. The number of hydrogen-bond acceptors (Lipinski definition) is 5. The molecule has 1 atom stereocenters. The van der Waals surface area contributed by atoms with Crippen molar-refractivity contribution in [2.75, 3.05) is 12.8 Å². The summed E-state index contributed by atoms with van der Waals surface area (Å²) in [5.41, 5.74) is 5.41. The Morgan fingerprint density at radius 3 is 2.59 bits per heavy atom. The Labute approximate surface area is 181 Å². The molecule has 1 aromatic heterocycles. The van der Waals surface area contributed by atoms with Crippen LogP contribution in [-0.4, -0.2) is 22.8 Å². The molecule has 0 saturated carbocycles. The third kappa shape index (κ3) is 5.14. The number of nitrogens with zero attached hydrogens (tertiary/aromatic N) is 2. The fraction of sp³-hybridized carbons (Fsp3) is 0.227. The molecule has 0 fully saturated rings. The number of halogens is 3. The first kappa shape index (κ1) is 23.0. The summed E-state index contributed by atoms with van der Waals surface area (Å²) in [5, 5.41) is 6.73. The highest BCUT2D eigenvalue weighted by Crippen LogP contribution is 2.32. The van der Waals surface area contributed by atoms with Crippen LogP contribution < -0.4 is 16.6 Å². The van der Waals surface area contributed by atoms with E-state index >= 15 is 0 Å². The van der Waals surface area contributed by atoms with Crippen LogP contribution in [0.15, 0.2) is 59.4 Å². The van der Waals surface area contributed by atoms with Crippen molar-refractivity contribution >= 4 is 11.6 Å². The molecule has 0 radical (unpaired) electrons. The Morgan fingerprint density at radius 2 is 1.91 bits per heavy atom. The Bertz CT molecular complexity index is 1190. The van der Waals surface area contributed by atoms with Gasteiger partial charge in [0.05, 0.1) is 23.9 Å². The summed E-state index contributed by atoms with van der Waals surface area (Å²) in [5.74, 6) is -0.661. The number of hydrogen-bond donors (Lipinski definition) is 2. The highest BCUT2D eigenvalue weighted by molar-refractivity contribution is 5.92. The second-order valence-corrected chi connectivity index (χ2v) is 7.11. The Balaban J connectivity index is 1.89. The van der Waals surface area contributed by atoms with Gasteiger partial charge in [0.2, 0.25) is 0 Å². The van der Waals surface area contributed by atoms with Gasteiger partial charge in [-0.3, -0.25) is 9.59 Å². The smallest absolute Gasteiger partial charge is 0.399 e. The van der Waals surface area contributed by atoms with Crippen LogP contribution in [0.1, 0.15) is 40.1 Å². The average Bonchev–Trinajstić information content (AvgIpc) is 2.73. The van der Waals surface area contributed by atoms with E-state index in [9.17, 15) is 22.8 Å². The summed E-state index contributed by atoms with van der Waals surface area (Å²) in [7, 11) is 1.51. The standard InChI is InChI=1S/C22H21F3N4O3/c1-13(15-9-16(22(23,24)25)11-17(26)10-15)27-21(31)18-7-8-20(30)29(28-18)19-6-4-3-5-14(19)12-32-2/h3-11,13H,12,26H2,1-2H3,(H,27,31)/t13-/m1/s1. The zero-order chi connectivity index (χ0) is 23.5. The zero-order valence-electron chi connectivity index (χ0n) is 17.3. The van der Waals surface area contributed by atoms with Gasteiger partial charge in [-0.2, -0.15) is 23.0 Å². The summed E-state index contributed by atoms with van der Waals surface area (Å²) in [6.45, 7) is 1.76. The van der Waals surface area contributed by atoms with Crippen LogP contribution in [0.4, 0.5) is 18.9 Å². The van der Waals surface area contributed by atoms with Crippen LogP contribution in [0, 0.1) is 0 Å². The number of para-hydroxylation sites is 1. The van der Waals surface area contributed by atoms with Crippen molar-refractivity contribution in [3.05, 3.63) is 87.3 Å². The Kier molecular flexibility index (Phi) is 6.64. The molecule has 1 amide bonds. The minimum absolute atomic E-state index is 0.0719. The molecule has 0 bridgehead atoms. The number of nitrogens with two attached hydrogens (primary N) is 1. The van der Waals surface area contributed by atoms with Crippen molar-refractivity contribution in [3.63, 3.8) is 0 Å². The number of carbonyl (C=O) groups is 1. The van der Waals surface area contributed by atoms with Gasteiger partial charge in [-0.05, 0) is 42.8 Å². The van der Waals surface area contributed by atoms with E-state index in [1.54, 1.807) is 24.3 Å². The third-order valence-electron chi connectivity index (χ3n) is 4.71. The van der Waals surface area contributed by atoms with Gasteiger partial charge in [-0.1, -0.05) is 18.2 Å². The molecule has 0 unspecified atom stereocenters. The normalized spacial score (nSPS) is 12.4. The number of rotatable bonds is 6. The lowest BCUT2D eigenvalue weighted by Crippen LogP contribution is -2.31. The fourth-order valence-corrected chi connectivity index (χ4v) is 3.14. The van der Waals surface area contributed by atoms with E-state index in [1.165, 1.54) is 32.2 Å². The van der Waals surface area contributed by atoms with Crippen LogP contribution in [0.2, 0.25) is 0 Å². The summed E-state index contributed by atoms with van der Waals surface area (Å²) >= 11 is 0. The number of amides is 1. The lowest BCUT2D eigenvalue weighted by Gasteiger charge is -2.17. The van der Waals surface area contributed by atoms with Crippen molar-refractivity contribution in [3.8, 4) is 5.69 Å². The zero-order valence-corrected chi connectivity index (χ0v) is 17.3. The number of benzene rings is 2. The monoisotopic (exact) mass is 446 g/mol. The molecule has 2 aromatic carbocycles. The number of methoxy groups -OCH3 is 1. The van der Waals surface area contributed by atoms with Crippen LogP contribution in [0.5, 0.6) is 0 Å². The number of ether oxygens (including phenoxy) is 1. The van der Waals surface area contributed by atoms with Gasteiger partial charge in [0.25, 0.3) is 11.5 Å². The predicted octanol–water partition coefficient (Wildman–Crippen LogP) is 3.47. The van der Waals surface area contributed by atoms with Gasteiger partial charge in [0.1, 0.15) is 5.69 Å². The first-order valence-corrected chi connectivity index (χ1v) is 9.56. The van der Waals surface area contributed by atoms with Crippen molar-refractivity contribution in [1.82, 2.24) is 15.1 Å². The molecule has 7 nitrogen and oxygen atoms in total. The summed E-state index contributed by atoms with van der Waals surface area (Å²) < 4.78 is 45.4. The second-order valence-electron chi connectivity index (χ2n) is 7.11. The summed E-state index contributed by atoms with van der Waals surface area (Å²) in [6.07, 6.45) is -4.57. The predicted molar refractivity (Wildman–Crippen MR) is 112 cm³/mol. The summed E-state index contributed by atoms with van der Waals surface area (Å²) in [4.78, 5) is 25.1. The van der Waals surface area contributed by atoms with Gasteiger partial charge in [-0.15, -0.1) is 0 Å². The van der Waals surface area contributed by atoms with Crippen LogP contribution >= 0.6 is 0 Å². The molecule has 10 heteroatoms. The van der Waals surface area contributed by atoms with E-state index in [0.717, 1.165) is 16.8 Å². The molecular formula is C22H21F3N4O3. The van der Waals surface area contributed by atoms with Gasteiger partial charge in [0, 0.05) is 24.4 Å². The van der Waals surface area contributed by atoms with E-state index in [-0.39, 0.29) is 23.6 Å². The number of alkyl halides is 3. The van der Waals surface area contributed by atoms with Gasteiger partial charge in [-0.25, -0.2) is 0 Å². The van der Waals surface area contributed by atoms with Gasteiger partial charge >= 0.3 is 6.18 Å². The molecule has 0 spiro atoms. The van der Waals surface area contributed by atoms with E-state index in [0.29, 0.717) is 11.3 Å². The van der Waals surface area contributed by atoms with Crippen molar-refractivity contribution < 1.29 is 22.7 Å². The maximum absolute atomic E-state index is 13.1. The van der Waals surface area contributed by atoms with Crippen LogP contribution in [0.3, 0.4) is 0 Å². The second kappa shape index (κ2) is 9.23. The first-order valence-electron chi connectivity index (χ1n) is 9.56. The molecule has 32 heavy (non-hydrogen) atoms. The SMILES string of the molecule is COCc1ccccc1-n1nc(C(=O)N[C@H](C)c2cc(N)cc(C(F)(F)F)c2)ccc1=O. The van der Waals surface area contributed by atoms with Crippen molar-refractivity contribution in [2.24, 2.45) is 0 Å². The lowest BCUT2D eigenvalue weighted by atomic mass is 10.0. The molecule has 3 rings (SSSR count).